The molecule has 1 aromatic carbocycles. The summed E-state index contributed by atoms with van der Waals surface area (Å²) in [4.78, 5) is 24.9. The Morgan fingerprint density at radius 2 is 1.96 bits per heavy atom. The van der Waals surface area contributed by atoms with Crippen molar-refractivity contribution in [1.29, 1.82) is 0 Å². The molecule has 6 unspecified atom stereocenters. The van der Waals surface area contributed by atoms with Gasteiger partial charge in [-0.2, -0.15) is 9.97 Å². The number of fused-ring (bicyclic) bond motifs is 1. The molecule has 1 aliphatic heterocycles. The van der Waals surface area contributed by atoms with Crippen LogP contribution >= 0.6 is 20.1 Å². The van der Waals surface area contributed by atoms with Crippen molar-refractivity contribution in [2.24, 2.45) is 5.92 Å². The molecule has 6 rings (SSSR count). The lowest BCUT2D eigenvalue weighted by molar-refractivity contribution is -0.150. The Balaban J connectivity index is 1.14. The van der Waals surface area contributed by atoms with E-state index in [0.29, 0.717) is 22.2 Å². The summed E-state index contributed by atoms with van der Waals surface area (Å²) in [5, 5.41) is 6.41. The van der Waals surface area contributed by atoms with Gasteiger partial charge in [-0.1, -0.05) is 18.5 Å². The van der Waals surface area contributed by atoms with Crippen molar-refractivity contribution in [3.05, 3.63) is 41.6 Å². The number of nitrogens with zero attached hydrogens (tertiary/aromatic N) is 4. The highest BCUT2D eigenvalue weighted by atomic mass is 35.5. The number of carbonyl (C=O) groups is 1. The zero-order valence-electron chi connectivity index (χ0n) is 26.1. The summed E-state index contributed by atoms with van der Waals surface area (Å²) in [5.74, 6) is 1.09. The van der Waals surface area contributed by atoms with Gasteiger partial charge < -0.3 is 28.8 Å². The van der Waals surface area contributed by atoms with Crippen molar-refractivity contribution in [3.8, 4) is 5.75 Å². The second kappa shape index (κ2) is 14.7. The minimum atomic E-state index is -1.73. The highest BCUT2D eigenvalue weighted by Gasteiger charge is 2.37. The molecule has 16 heteroatoms. The van der Waals surface area contributed by atoms with Gasteiger partial charge in [0, 0.05) is 29.4 Å². The van der Waals surface area contributed by atoms with Gasteiger partial charge >= 0.3 is 14.5 Å². The first-order valence-corrected chi connectivity index (χ1v) is 18.8. The maximum Gasteiger partial charge on any atom is 0.323 e. The fourth-order valence-corrected chi connectivity index (χ4v) is 7.72. The predicted molar refractivity (Wildman–Crippen MR) is 178 cm³/mol. The number of benzene rings is 1. The molecule has 2 aromatic heterocycles. The molecule has 13 nitrogen and oxygen atoms in total. The van der Waals surface area contributed by atoms with Crippen molar-refractivity contribution in [2.75, 3.05) is 23.6 Å². The smallest absolute Gasteiger partial charge is 0.323 e. The molecule has 2 saturated carbocycles. The Bertz CT molecular complexity index is 1540. The zero-order chi connectivity index (χ0) is 32.4. The number of halogens is 1. The van der Waals surface area contributed by atoms with E-state index in [-0.39, 0.29) is 48.9 Å². The fourth-order valence-electron chi connectivity index (χ4n) is 5.87. The summed E-state index contributed by atoms with van der Waals surface area (Å²) in [5.41, 5.74) is 6.81. The Kier molecular flexibility index (Phi) is 10.6. The highest BCUT2D eigenvalue weighted by Crippen LogP contribution is 2.42. The molecule has 0 amide bonds. The van der Waals surface area contributed by atoms with Crippen LogP contribution < -0.4 is 25.2 Å². The molecule has 2 aliphatic carbocycles. The number of nitrogens with two attached hydrogens (primary N) is 1. The van der Waals surface area contributed by atoms with Crippen LogP contribution in [0.2, 0.25) is 5.02 Å². The largest absolute Gasteiger partial charge is 0.461 e. The van der Waals surface area contributed by atoms with E-state index in [9.17, 15) is 9.00 Å². The monoisotopic (exact) mass is 693 g/mol. The lowest BCUT2D eigenvalue weighted by Crippen LogP contribution is -2.41. The number of anilines is 2. The lowest BCUT2D eigenvalue weighted by atomic mass is 10.1. The number of hydrazine groups is 1. The molecule has 3 aromatic rings. The summed E-state index contributed by atoms with van der Waals surface area (Å²) < 4.78 is 38.7. The van der Waals surface area contributed by atoms with Gasteiger partial charge in [0.2, 0.25) is 5.95 Å². The van der Waals surface area contributed by atoms with Gasteiger partial charge in [0.15, 0.2) is 5.82 Å². The van der Waals surface area contributed by atoms with Gasteiger partial charge in [-0.05, 0) is 82.2 Å². The number of rotatable bonds is 14. The summed E-state index contributed by atoms with van der Waals surface area (Å²) in [7, 11) is -3.01. The van der Waals surface area contributed by atoms with Gasteiger partial charge in [-0.3, -0.25) is 9.80 Å². The average Bonchev–Trinajstić information content (AvgIpc) is 3.37. The molecule has 6 atom stereocenters. The number of hydrogen-bond donors (Lipinski definition) is 3. The van der Waals surface area contributed by atoms with E-state index in [4.69, 9.17) is 35.9 Å². The normalized spacial score (nSPS) is 23.8. The van der Waals surface area contributed by atoms with Crippen LogP contribution in [0.4, 0.5) is 11.8 Å². The molecule has 4 N–H and O–H groups in total. The first-order valence-electron chi connectivity index (χ1n) is 15.7. The molecule has 0 bridgehead atoms. The van der Waals surface area contributed by atoms with Gasteiger partial charge in [0.05, 0.1) is 18.1 Å². The van der Waals surface area contributed by atoms with Crippen molar-refractivity contribution in [3.63, 3.8) is 0 Å². The van der Waals surface area contributed by atoms with E-state index in [1.54, 1.807) is 37.4 Å². The molecule has 1 saturated heterocycles. The fraction of sp³-hybridized carbons (Fsp3) is 0.567. The number of nitrogen functional groups attached to an aromatic ring is 1. The van der Waals surface area contributed by atoms with E-state index in [1.807, 2.05) is 21.8 Å². The zero-order valence-corrected chi connectivity index (χ0v) is 28.6. The van der Waals surface area contributed by atoms with E-state index in [0.717, 1.165) is 50.3 Å². The van der Waals surface area contributed by atoms with Crippen LogP contribution in [0.1, 0.15) is 65.0 Å². The molecule has 46 heavy (non-hydrogen) atoms. The van der Waals surface area contributed by atoms with Gasteiger partial charge in [0.1, 0.15) is 40.8 Å². The first-order chi connectivity index (χ1) is 22.1. The van der Waals surface area contributed by atoms with Gasteiger partial charge in [-0.25, -0.2) is 9.30 Å². The molecule has 3 fully saturated rings. The Morgan fingerprint density at radius 3 is 2.65 bits per heavy atom. The van der Waals surface area contributed by atoms with Gasteiger partial charge in [-0.15, -0.1) is 4.83 Å². The van der Waals surface area contributed by atoms with E-state index >= 15 is 0 Å². The third-order valence-corrected chi connectivity index (χ3v) is 10.3. The summed E-state index contributed by atoms with van der Waals surface area (Å²) >= 11 is 6.07. The predicted octanol–water partition coefficient (Wildman–Crippen LogP) is 5.14. The third kappa shape index (κ3) is 8.10. The number of nitrogens with one attached hydrogen (secondary N) is 2. The van der Waals surface area contributed by atoms with Crippen LogP contribution in [0.3, 0.4) is 0 Å². The minimum Gasteiger partial charge on any atom is -0.461 e. The molecular weight excluding hydrogens is 653 g/mol. The molecule has 3 heterocycles. The molecule has 0 spiro atoms. The molecule has 250 valence electrons. The highest BCUT2D eigenvalue weighted by molar-refractivity contribution is 7.82. The number of ether oxygens (including phenoxy) is 2. The maximum absolute atomic E-state index is 12.8. The standard InChI is InChI=1S/C30H41ClN7O6PS/c1-18-16-24(17-41-45(44-23-12-8-20(31)9-13-23)35-19(2)29(39)43-22-6-4-5-7-22)42-28(18)37-15-14-25-26(37)33-30(32)34-27(25)38(21-10-11-21)36-46(3)40/h8-9,12-15,18-19,21-22,24,28,35-36H,4-7,10-11,16-17H2,1-3H3,(H2,32,33,34). The first kappa shape index (κ1) is 33.3. The van der Waals surface area contributed by atoms with Crippen molar-refractivity contribution in [1.82, 2.24) is 24.5 Å². The number of esters is 1. The summed E-state index contributed by atoms with van der Waals surface area (Å²) in [6, 6.07) is 8.49. The van der Waals surface area contributed by atoms with Crippen molar-refractivity contribution >= 4 is 59.9 Å². The van der Waals surface area contributed by atoms with Crippen LogP contribution in [0.25, 0.3) is 11.0 Å². The second-order valence-corrected chi connectivity index (χ2v) is 14.9. The SMILES string of the molecule is CC(NP(OCC1CC(C)C(n2ccc3c(N(NS(C)=O)C4CC4)nc(N)nc32)O1)Oc1ccc(Cl)cc1)C(=O)OC1CCCC1. The van der Waals surface area contributed by atoms with Crippen molar-refractivity contribution in [2.45, 2.75) is 89.3 Å². The van der Waals surface area contributed by atoms with Crippen LogP contribution in [0.15, 0.2) is 36.5 Å². The maximum atomic E-state index is 12.8. The number of hydrogen-bond acceptors (Lipinski definition) is 11. The Morgan fingerprint density at radius 1 is 1.22 bits per heavy atom. The van der Waals surface area contributed by atoms with E-state index in [1.165, 1.54) is 0 Å². The van der Waals surface area contributed by atoms with Crippen LogP contribution in [0.5, 0.6) is 5.75 Å². The Labute approximate surface area is 277 Å². The lowest BCUT2D eigenvalue weighted by Gasteiger charge is -2.24. The molecule has 0 radical (unpaired) electrons. The number of aromatic nitrogens is 3. The van der Waals surface area contributed by atoms with Crippen LogP contribution in [0, 0.1) is 5.92 Å². The Hall–Kier alpha value is -2.58. The minimum absolute atomic E-state index is 0.0310. The van der Waals surface area contributed by atoms with Crippen LogP contribution in [-0.2, 0) is 29.8 Å². The quantitative estimate of drug-likeness (QED) is 0.117. The van der Waals surface area contributed by atoms with Crippen molar-refractivity contribution < 1.29 is 27.5 Å². The third-order valence-electron chi connectivity index (χ3n) is 8.28. The average molecular weight is 694 g/mol. The molecular formula is C30H41ClN7O6PS. The van der Waals surface area contributed by atoms with E-state index < -0.39 is 25.6 Å². The van der Waals surface area contributed by atoms with Gasteiger partial charge in [0.25, 0.3) is 0 Å². The second-order valence-electron chi connectivity index (χ2n) is 12.2. The van der Waals surface area contributed by atoms with Crippen LogP contribution in [-0.4, -0.2) is 61.9 Å². The summed E-state index contributed by atoms with van der Waals surface area (Å²) in [6.07, 6.45) is 9.53. The molecule has 3 aliphatic rings. The summed E-state index contributed by atoms with van der Waals surface area (Å²) in [6.45, 7) is 4.11. The topological polar surface area (TPSA) is 155 Å². The number of carbonyl (C=O) groups excluding carboxylic acids is 1. The van der Waals surface area contributed by atoms with E-state index in [2.05, 4.69) is 26.8 Å².